The molecule has 2 aliphatic rings. The summed E-state index contributed by atoms with van der Waals surface area (Å²) < 4.78 is 37.5. The minimum atomic E-state index is -4.13. The van der Waals surface area contributed by atoms with E-state index < -0.39 is 12.7 Å². The number of alkyl halides is 3. The molecule has 2 N–H and O–H groups in total. The van der Waals surface area contributed by atoms with Gasteiger partial charge in [0.15, 0.2) is 5.96 Å². The zero-order valence-corrected chi connectivity index (χ0v) is 15.4. The molecule has 2 atom stereocenters. The van der Waals surface area contributed by atoms with Crippen molar-refractivity contribution in [2.24, 2.45) is 4.99 Å². The average Bonchev–Trinajstić information content (AvgIpc) is 2.98. The molecule has 5 nitrogen and oxygen atoms in total. The van der Waals surface area contributed by atoms with Crippen LogP contribution in [0.2, 0.25) is 0 Å². The minimum Gasteiger partial charge on any atom is -0.357 e. The van der Waals surface area contributed by atoms with E-state index in [-0.39, 0.29) is 6.04 Å². The van der Waals surface area contributed by atoms with Crippen LogP contribution in [0.4, 0.5) is 13.2 Å². The predicted molar refractivity (Wildman–Crippen MR) is 94.9 cm³/mol. The van der Waals surface area contributed by atoms with Gasteiger partial charge in [-0.05, 0) is 39.3 Å². The Kier molecular flexibility index (Phi) is 7.81. The van der Waals surface area contributed by atoms with E-state index in [1.54, 1.807) is 0 Å². The summed E-state index contributed by atoms with van der Waals surface area (Å²) in [5.74, 6) is 0.725. The highest BCUT2D eigenvalue weighted by atomic mass is 19.4. The summed E-state index contributed by atoms with van der Waals surface area (Å²) in [6.07, 6.45) is 0.252. The molecule has 0 bridgehead atoms. The molecular weight excluding hydrogens is 331 g/mol. The van der Waals surface area contributed by atoms with Gasteiger partial charge in [0.2, 0.25) is 0 Å². The molecule has 2 fully saturated rings. The van der Waals surface area contributed by atoms with Crippen molar-refractivity contribution >= 4 is 5.96 Å². The molecule has 2 heterocycles. The van der Waals surface area contributed by atoms with Crippen LogP contribution in [-0.2, 0) is 0 Å². The highest BCUT2D eigenvalue weighted by molar-refractivity contribution is 5.80. The fourth-order valence-corrected chi connectivity index (χ4v) is 3.74. The minimum absolute atomic E-state index is 0.0220. The fraction of sp³-hybridized carbons (Fsp3) is 0.941. The third kappa shape index (κ3) is 7.01. The molecule has 2 rings (SSSR count). The van der Waals surface area contributed by atoms with Gasteiger partial charge in [0, 0.05) is 31.7 Å². The van der Waals surface area contributed by atoms with Crippen LogP contribution in [0.1, 0.15) is 39.5 Å². The Morgan fingerprint density at radius 2 is 1.96 bits per heavy atom. The Bertz CT molecular complexity index is 427. The standard InChI is InChI=1S/C17H32F3N5/c1-3-21-16(22-11-15-7-5-6-9-25(15)4-2)23-14-8-10-24(12-14)13-17(18,19)20/h14-15H,3-13H2,1-2H3,(H2,21,22,23). The number of nitrogens with zero attached hydrogens (tertiary/aromatic N) is 3. The number of likely N-dealkylation sites (N-methyl/N-ethyl adjacent to an activating group) is 1. The van der Waals surface area contributed by atoms with Gasteiger partial charge in [0.1, 0.15) is 0 Å². The van der Waals surface area contributed by atoms with E-state index in [1.165, 1.54) is 24.2 Å². The molecule has 0 saturated carbocycles. The maximum absolute atomic E-state index is 12.5. The molecule has 2 saturated heterocycles. The zero-order chi connectivity index (χ0) is 18.3. The van der Waals surface area contributed by atoms with Crippen molar-refractivity contribution in [3.63, 3.8) is 0 Å². The number of likely N-dealkylation sites (tertiary alicyclic amines) is 2. The summed E-state index contributed by atoms with van der Waals surface area (Å²) in [4.78, 5) is 8.64. The average molecular weight is 363 g/mol. The van der Waals surface area contributed by atoms with E-state index in [1.807, 2.05) is 6.92 Å². The maximum atomic E-state index is 12.5. The molecule has 25 heavy (non-hydrogen) atoms. The lowest BCUT2D eigenvalue weighted by Gasteiger charge is -2.34. The van der Waals surface area contributed by atoms with Crippen LogP contribution in [0, 0.1) is 0 Å². The molecule has 2 aliphatic heterocycles. The van der Waals surface area contributed by atoms with Gasteiger partial charge in [-0.3, -0.25) is 14.8 Å². The van der Waals surface area contributed by atoms with E-state index in [0.29, 0.717) is 25.6 Å². The number of hydrogen-bond acceptors (Lipinski definition) is 3. The van der Waals surface area contributed by atoms with Crippen LogP contribution in [0.15, 0.2) is 4.99 Å². The monoisotopic (exact) mass is 363 g/mol. The quantitative estimate of drug-likeness (QED) is 0.560. The second kappa shape index (κ2) is 9.62. The number of aliphatic imine (C=N–C) groups is 1. The lowest BCUT2D eigenvalue weighted by molar-refractivity contribution is -0.143. The Labute approximate surface area is 149 Å². The summed E-state index contributed by atoms with van der Waals surface area (Å²) in [7, 11) is 0. The molecule has 0 radical (unpaired) electrons. The summed E-state index contributed by atoms with van der Waals surface area (Å²) in [5.41, 5.74) is 0. The second-order valence-corrected chi connectivity index (χ2v) is 6.98. The van der Waals surface area contributed by atoms with Gasteiger partial charge in [0.25, 0.3) is 0 Å². The molecule has 0 aromatic carbocycles. The van der Waals surface area contributed by atoms with Gasteiger partial charge in [-0.25, -0.2) is 0 Å². The first kappa shape index (κ1) is 20.3. The molecule has 0 spiro atoms. The van der Waals surface area contributed by atoms with Crippen LogP contribution in [-0.4, -0.2) is 79.8 Å². The molecule has 0 aromatic rings. The normalized spacial score (nSPS) is 26.8. The third-order valence-corrected chi connectivity index (χ3v) is 4.98. The number of guanidine groups is 1. The van der Waals surface area contributed by atoms with Crippen molar-refractivity contribution in [1.82, 2.24) is 20.4 Å². The molecule has 8 heteroatoms. The largest absolute Gasteiger partial charge is 0.401 e. The number of nitrogens with one attached hydrogen (secondary N) is 2. The van der Waals surface area contributed by atoms with Gasteiger partial charge in [0.05, 0.1) is 13.1 Å². The van der Waals surface area contributed by atoms with Crippen molar-refractivity contribution in [1.29, 1.82) is 0 Å². The Morgan fingerprint density at radius 1 is 1.16 bits per heavy atom. The zero-order valence-electron chi connectivity index (χ0n) is 15.4. The number of halogens is 3. The van der Waals surface area contributed by atoms with Crippen LogP contribution in [0.5, 0.6) is 0 Å². The smallest absolute Gasteiger partial charge is 0.357 e. The van der Waals surface area contributed by atoms with E-state index in [9.17, 15) is 13.2 Å². The van der Waals surface area contributed by atoms with Crippen LogP contribution < -0.4 is 10.6 Å². The van der Waals surface area contributed by atoms with Gasteiger partial charge in [-0.2, -0.15) is 13.2 Å². The van der Waals surface area contributed by atoms with Gasteiger partial charge in [-0.1, -0.05) is 13.3 Å². The summed E-state index contributed by atoms with van der Waals surface area (Å²) in [6.45, 7) is 7.90. The van der Waals surface area contributed by atoms with E-state index in [0.717, 1.165) is 32.1 Å². The van der Waals surface area contributed by atoms with Gasteiger partial charge >= 0.3 is 6.18 Å². The Hall–Kier alpha value is -1.02. The van der Waals surface area contributed by atoms with E-state index in [4.69, 9.17) is 4.99 Å². The highest BCUT2D eigenvalue weighted by Gasteiger charge is 2.34. The van der Waals surface area contributed by atoms with E-state index in [2.05, 4.69) is 22.5 Å². The molecule has 2 unspecified atom stereocenters. The van der Waals surface area contributed by atoms with Crippen molar-refractivity contribution < 1.29 is 13.2 Å². The van der Waals surface area contributed by atoms with Crippen molar-refractivity contribution in [2.45, 2.75) is 57.8 Å². The Morgan fingerprint density at radius 3 is 2.64 bits per heavy atom. The van der Waals surface area contributed by atoms with Crippen molar-refractivity contribution in [2.75, 3.05) is 45.8 Å². The topological polar surface area (TPSA) is 42.9 Å². The van der Waals surface area contributed by atoms with Crippen molar-refractivity contribution in [3.8, 4) is 0 Å². The lowest BCUT2D eigenvalue weighted by atomic mass is 10.0. The SMILES string of the molecule is CCNC(=NCC1CCCCN1CC)NC1CCN(CC(F)(F)F)C1. The number of hydrogen-bond donors (Lipinski definition) is 2. The van der Waals surface area contributed by atoms with Crippen LogP contribution in [0.25, 0.3) is 0 Å². The molecule has 0 aromatic heterocycles. The van der Waals surface area contributed by atoms with Crippen LogP contribution in [0.3, 0.4) is 0 Å². The number of rotatable bonds is 6. The highest BCUT2D eigenvalue weighted by Crippen LogP contribution is 2.20. The van der Waals surface area contributed by atoms with Gasteiger partial charge in [-0.15, -0.1) is 0 Å². The first-order valence-electron chi connectivity index (χ1n) is 9.49. The Balaban J connectivity index is 1.85. The molecule has 0 amide bonds. The maximum Gasteiger partial charge on any atom is 0.401 e. The summed E-state index contributed by atoms with van der Waals surface area (Å²) in [6, 6.07) is 0.494. The fourth-order valence-electron chi connectivity index (χ4n) is 3.74. The number of piperidine rings is 1. The summed E-state index contributed by atoms with van der Waals surface area (Å²) in [5, 5.41) is 6.54. The first-order valence-corrected chi connectivity index (χ1v) is 9.49. The predicted octanol–water partition coefficient (Wildman–Crippen LogP) is 2.05. The van der Waals surface area contributed by atoms with Crippen molar-refractivity contribution in [3.05, 3.63) is 0 Å². The molecule has 0 aliphatic carbocycles. The molecular formula is C17H32F3N5. The van der Waals surface area contributed by atoms with Crippen LogP contribution >= 0.6 is 0 Å². The third-order valence-electron chi connectivity index (χ3n) is 4.98. The summed E-state index contributed by atoms with van der Waals surface area (Å²) >= 11 is 0. The lowest BCUT2D eigenvalue weighted by Crippen LogP contribution is -2.46. The van der Waals surface area contributed by atoms with E-state index >= 15 is 0 Å². The van der Waals surface area contributed by atoms with Gasteiger partial charge < -0.3 is 10.6 Å². The molecule has 146 valence electrons. The second-order valence-electron chi connectivity index (χ2n) is 6.98. The first-order chi connectivity index (χ1) is 11.9.